The highest BCUT2D eigenvalue weighted by Gasteiger charge is 2.13. The maximum Gasteiger partial charge on any atom is 0.323 e. The molecule has 2 rings (SSSR count). The second-order valence-corrected chi connectivity index (χ2v) is 5.29. The van der Waals surface area contributed by atoms with Crippen molar-refractivity contribution in [3.8, 4) is 0 Å². The first-order valence-electron chi connectivity index (χ1n) is 5.84. The lowest BCUT2D eigenvalue weighted by Gasteiger charge is -2.10. The molecule has 2 N–H and O–H groups in total. The number of nitro groups is 1. The second kappa shape index (κ2) is 6.83. The van der Waals surface area contributed by atoms with E-state index in [0.29, 0.717) is 10.7 Å². The Morgan fingerprint density at radius 1 is 1.00 bits per heavy atom. The number of non-ortho nitro benzene ring substituents is 1. The van der Waals surface area contributed by atoms with Gasteiger partial charge in [0, 0.05) is 12.1 Å². The third-order valence-corrected chi connectivity index (χ3v) is 3.74. The van der Waals surface area contributed by atoms with Crippen molar-refractivity contribution in [2.45, 2.75) is 0 Å². The molecule has 114 valence electrons. The molecule has 9 heteroatoms. The summed E-state index contributed by atoms with van der Waals surface area (Å²) in [5.74, 6) is 0. The topological polar surface area (TPSA) is 84.3 Å². The van der Waals surface area contributed by atoms with Crippen LogP contribution in [0.3, 0.4) is 0 Å². The second-order valence-electron chi connectivity index (χ2n) is 4.10. The summed E-state index contributed by atoms with van der Waals surface area (Å²) in [5, 5.41) is 16.1. The van der Waals surface area contributed by atoms with Crippen molar-refractivity contribution in [1.82, 2.24) is 0 Å². The number of carbonyl (C=O) groups excluding carboxylic acids is 1. The van der Waals surface area contributed by atoms with E-state index in [2.05, 4.69) is 10.6 Å². The van der Waals surface area contributed by atoms with Gasteiger partial charge < -0.3 is 10.6 Å². The fourth-order valence-corrected chi connectivity index (χ4v) is 2.16. The zero-order valence-corrected chi connectivity index (χ0v) is 13.0. The van der Waals surface area contributed by atoms with Gasteiger partial charge in [-0.15, -0.1) is 0 Å². The average molecular weight is 361 g/mol. The van der Waals surface area contributed by atoms with Gasteiger partial charge in [-0.2, -0.15) is 0 Å². The number of carbonyl (C=O) groups is 1. The van der Waals surface area contributed by atoms with Crippen LogP contribution < -0.4 is 10.6 Å². The molecule has 2 aromatic rings. The summed E-state index contributed by atoms with van der Waals surface area (Å²) in [5.41, 5.74) is 0.376. The quantitative estimate of drug-likeness (QED) is 0.583. The number of nitro benzene ring substituents is 1. The van der Waals surface area contributed by atoms with Crippen LogP contribution in [0.5, 0.6) is 0 Å². The highest BCUT2D eigenvalue weighted by Crippen LogP contribution is 2.30. The number of urea groups is 1. The Bertz CT molecular complexity index is 753. The van der Waals surface area contributed by atoms with Gasteiger partial charge in [0.2, 0.25) is 0 Å². The fraction of sp³-hybridized carbons (Fsp3) is 0. The fourth-order valence-electron chi connectivity index (χ4n) is 1.60. The molecule has 0 aliphatic carbocycles. The van der Waals surface area contributed by atoms with Crippen molar-refractivity contribution in [2.24, 2.45) is 0 Å². The Balaban J connectivity index is 2.12. The van der Waals surface area contributed by atoms with Gasteiger partial charge in [0.25, 0.3) is 5.69 Å². The summed E-state index contributed by atoms with van der Waals surface area (Å²) in [6.45, 7) is 0. The van der Waals surface area contributed by atoms with Crippen molar-refractivity contribution in [1.29, 1.82) is 0 Å². The minimum absolute atomic E-state index is 0.0431. The standard InChI is InChI=1S/C13H8Cl3N3O3/c14-8-2-1-3-11(12(8)16)18-13(20)17-10-5-4-7(19(21)22)6-9(10)15/h1-6H,(H2,17,18,20). The first-order chi connectivity index (χ1) is 10.4. The number of hydrogen-bond acceptors (Lipinski definition) is 3. The van der Waals surface area contributed by atoms with E-state index in [4.69, 9.17) is 34.8 Å². The SMILES string of the molecule is O=C(Nc1ccc([N+](=O)[O-])cc1Cl)Nc1cccc(Cl)c1Cl. The first-order valence-corrected chi connectivity index (χ1v) is 6.98. The molecule has 0 heterocycles. The Morgan fingerprint density at radius 3 is 2.32 bits per heavy atom. The van der Waals surface area contributed by atoms with Gasteiger partial charge in [-0.1, -0.05) is 40.9 Å². The molecule has 0 spiro atoms. The lowest BCUT2D eigenvalue weighted by atomic mass is 10.3. The summed E-state index contributed by atoms with van der Waals surface area (Å²) >= 11 is 17.7. The molecule has 0 saturated carbocycles. The summed E-state index contributed by atoms with van der Waals surface area (Å²) < 4.78 is 0. The Labute approximate surface area is 140 Å². The van der Waals surface area contributed by atoms with E-state index < -0.39 is 11.0 Å². The summed E-state index contributed by atoms with van der Waals surface area (Å²) in [4.78, 5) is 21.9. The molecular formula is C13H8Cl3N3O3. The van der Waals surface area contributed by atoms with Crippen molar-refractivity contribution in [3.63, 3.8) is 0 Å². The van der Waals surface area contributed by atoms with Crippen LogP contribution in [0.1, 0.15) is 0 Å². The Morgan fingerprint density at radius 2 is 1.68 bits per heavy atom. The highest BCUT2D eigenvalue weighted by atomic mass is 35.5. The van der Waals surface area contributed by atoms with Crippen molar-refractivity contribution in [2.75, 3.05) is 10.6 Å². The van der Waals surface area contributed by atoms with Gasteiger partial charge in [0.15, 0.2) is 0 Å². The number of nitrogens with zero attached hydrogens (tertiary/aromatic N) is 1. The summed E-state index contributed by atoms with van der Waals surface area (Å²) in [6, 6.07) is 7.88. The van der Waals surface area contributed by atoms with Gasteiger partial charge in [-0.05, 0) is 18.2 Å². The lowest BCUT2D eigenvalue weighted by molar-refractivity contribution is -0.384. The average Bonchev–Trinajstić information content (AvgIpc) is 2.46. The van der Waals surface area contributed by atoms with Crippen LogP contribution in [-0.4, -0.2) is 11.0 Å². The minimum atomic E-state index is -0.611. The third-order valence-electron chi connectivity index (χ3n) is 2.61. The van der Waals surface area contributed by atoms with Crippen LogP contribution in [-0.2, 0) is 0 Å². The first kappa shape index (κ1) is 16.4. The smallest absolute Gasteiger partial charge is 0.306 e. The molecule has 0 fully saturated rings. The normalized spacial score (nSPS) is 10.1. The van der Waals surface area contributed by atoms with E-state index >= 15 is 0 Å². The zero-order chi connectivity index (χ0) is 16.3. The van der Waals surface area contributed by atoms with E-state index in [1.54, 1.807) is 18.2 Å². The summed E-state index contributed by atoms with van der Waals surface area (Å²) in [6.07, 6.45) is 0. The van der Waals surface area contributed by atoms with E-state index in [-0.39, 0.29) is 21.4 Å². The number of benzene rings is 2. The van der Waals surface area contributed by atoms with E-state index in [0.717, 1.165) is 6.07 Å². The minimum Gasteiger partial charge on any atom is -0.306 e. The predicted molar refractivity (Wildman–Crippen MR) is 87.2 cm³/mol. The lowest BCUT2D eigenvalue weighted by Crippen LogP contribution is -2.19. The van der Waals surface area contributed by atoms with Crippen LogP contribution in [0, 0.1) is 10.1 Å². The van der Waals surface area contributed by atoms with Crippen LogP contribution in [0.15, 0.2) is 36.4 Å². The largest absolute Gasteiger partial charge is 0.323 e. The molecule has 0 aliphatic heterocycles. The van der Waals surface area contributed by atoms with E-state index in [1.165, 1.54) is 12.1 Å². The molecule has 2 amide bonds. The molecule has 6 nitrogen and oxygen atoms in total. The van der Waals surface area contributed by atoms with Gasteiger partial charge >= 0.3 is 6.03 Å². The van der Waals surface area contributed by atoms with Crippen LogP contribution in [0.4, 0.5) is 21.9 Å². The van der Waals surface area contributed by atoms with Crippen molar-refractivity contribution < 1.29 is 9.72 Å². The van der Waals surface area contributed by atoms with Crippen molar-refractivity contribution in [3.05, 3.63) is 61.6 Å². The molecule has 0 atom stereocenters. The number of hydrogen-bond donors (Lipinski definition) is 2. The van der Waals surface area contributed by atoms with E-state index in [9.17, 15) is 14.9 Å². The number of anilines is 2. The van der Waals surface area contributed by atoms with Gasteiger partial charge in [-0.25, -0.2) is 4.79 Å². The summed E-state index contributed by atoms with van der Waals surface area (Å²) in [7, 11) is 0. The van der Waals surface area contributed by atoms with Gasteiger partial charge in [0.1, 0.15) is 0 Å². The van der Waals surface area contributed by atoms with Gasteiger partial charge in [0.05, 0.1) is 31.4 Å². The molecule has 0 aromatic heterocycles. The molecular weight excluding hydrogens is 353 g/mol. The van der Waals surface area contributed by atoms with Crippen LogP contribution in [0.25, 0.3) is 0 Å². The van der Waals surface area contributed by atoms with Crippen LogP contribution >= 0.6 is 34.8 Å². The number of amides is 2. The number of rotatable bonds is 3. The van der Waals surface area contributed by atoms with E-state index in [1.807, 2.05) is 0 Å². The molecule has 0 radical (unpaired) electrons. The van der Waals surface area contributed by atoms with Gasteiger partial charge in [-0.3, -0.25) is 10.1 Å². The Hall–Kier alpha value is -2.02. The third kappa shape index (κ3) is 3.79. The Kier molecular flexibility index (Phi) is 5.07. The molecule has 0 aliphatic rings. The maximum atomic E-state index is 11.9. The molecule has 0 unspecified atom stereocenters. The number of nitrogens with one attached hydrogen (secondary N) is 2. The molecule has 0 bridgehead atoms. The monoisotopic (exact) mass is 359 g/mol. The zero-order valence-electron chi connectivity index (χ0n) is 10.8. The van der Waals surface area contributed by atoms with Crippen molar-refractivity contribution >= 4 is 57.9 Å². The predicted octanol–water partition coefficient (Wildman–Crippen LogP) is 5.20. The number of halogens is 3. The molecule has 0 saturated heterocycles. The maximum absolute atomic E-state index is 11.9. The molecule has 22 heavy (non-hydrogen) atoms. The van der Waals surface area contributed by atoms with Crippen LogP contribution in [0.2, 0.25) is 15.1 Å². The molecule has 2 aromatic carbocycles. The highest BCUT2D eigenvalue weighted by molar-refractivity contribution is 6.44.